The predicted molar refractivity (Wildman–Crippen MR) is 153 cm³/mol. The maximum atomic E-state index is 13.6. The molecule has 0 aliphatic heterocycles. The van der Waals surface area contributed by atoms with Gasteiger partial charge in [0.1, 0.15) is 6.04 Å². The fraction of sp³-hybridized carbons (Fsp3) is 0.143. The van der Waals surface area contributed by atoms with Gasteiger partial charge in [0.05, 0.1) is 10.6 Å². The molecule has 202 valence electrons. The maximum absolute atomic E-state index is 13.6. The molecule has 1 atom stereocenters. The molecule has 11 heteroatoms. The number of amides is 1. The average Bonchev–Trinajstić information content (AvgIpc) is 2.90. The SMILES string of the molecule is CC(C(=O)O)N(c1ccc2c(C(=O)NCc3ccc(CN)cc3)cccc2c1)S(=O)(=O)c1cc(Cl)cc(Cl)c1. The van der Waals surface area contributed by atoms with Gasteiger partial charge in [-0.1, -0.05) is 65.7 Å². The summed E-state index contributed by atoms with van der Waals surface area (Å²) in [5, 5.41) is 13.9. The number of carboxylic acids is 1. The Labute approximate surface area is 236 Å². The molecule has 4 rings (SSSR count). The topological polar surface area (TPSA) is 130 Å². The maximum Gasteiger partial charge on any atom is 0.327 e. The number of halogens is 2. The zero-order valence-electron chi connectivity index (χ0n) is 20.8. The van der Waals surface area contributed by atoms with E-state index in [2.05, 4.69) is 5.32 Å². The average molecular weight is 586 g/mol. The molecule has 0 aliphatic rings. The summed E-state index contributed by atoms with van der Waals surface area (Å²) in [6.07, 6.45) is 0. The second kappa shape index (κ2) is 11.6. The minimum absolute atomic E-state index is 0.0912. The summed E-state index contributed by atoms with van der Waals surface area (Å²) in [5.41, 5.74) is 8.02. The first-order valence-electron chi connectivity index (χ1n) is 11.8. The lowest BCUT2D eigenvalue weighted by Gasteiger charge is -2.28. The van der Waals surface area contributed by atoms with Crippen molar-refractivity contribution in [1.82, 2.24) is 5.32 Å². The molecule has 1 unspecified atom stereocenters. The molecule has 0 saturated heterocycles. The van der Waals surface area contributed by atoms with Crippen molar-refractivity contribution in [3.8, 4) is 0 Å². The molecule has 0 fully saturated rings. The van der Waals surface area contributed by atoms with E-state index in [1.54, 1.807) is 24.3 Å². The number of aliphatic carboxylic acids is 1. The second-order valence-corrected chi connectivity index (χ2v) is 11.5. The molecule has 4 aromatic rings. The highest BCUT2D eigenvalue weighted by atomic mass is 35.5. The third-order valence-electron chi connectivity index (χ3n) is 6.18. The van der Waals surface area contributed by atoms with Gasteiger partial charge < -0.3 is 16.2 Å². The van der Waals surface area contributed by atoms with E-state index >= 15 is 0 Å². The second-order valence-electron chi connectivity index (χ2n) is 8.83. The number of fused-ring (bicyclic) bond motifs is 1. The van der Waals surface area contributed by atoms with Gasteiger partial charge >= 0.3 is 5.97 Å². The minimum Gasteiger partial charge on any atom is -0.480 e. The number of rotatable bonds is 9. The number of hydrogen-bond donors (Lipinski definition) is 3. The van der Waals surface area contributed by atoms with Crippen LogP contribution in [0.25, 0.3) is 10.8 Å². The Balaban J connectivity index is 1.70. The van der Waals surface area contributed by atoms with E-state index in [0.717, 1.165) is 15.4 Å². The van der Waals surface area contributed by atoms with E-state index in [9.17, 15) is 23.1 Å². The van der Waals surface area contributed by atoms with Crippen LogP contribution >= 0.6 is 23.2 Å². The van der Waals surface area contributed by atoms with E-state index in [1.807, 2.05) is 24.3 Å². The first-order valence-corrected chi connectivity index (χ1v) is 14.0. The monoisotopic (exact) mass is 585 g/mol. The van der Waals surface area contributed by atoms with Crippen LogP contribution in [0.5, 0.6) is 0 Å². The fourth-order valence-corrected chi connectivity index (χ4v) is 6.47. The van der Waals surface area contributed by atoms with Crippen molar-refractivity contribution in [2.75, 3.05) is 4.31 Å². The molecule has 4 N–H and O–H groups in total. The summed E-state index contributed by atoms with van der Waals surface area (Å²) in [7, 11) is -4.39. The quantitative estimate of drug-likeness (QED) is 0.247. The van der Waals surface area contributed by atoms with Crippen molar-refractivity contribution in [1.29, 1.82) is 0 Å². The smallest absolute Gasteiger partial charge is 0.327 e. The summed E-state index contributed by atoms with van der Waals surface area (Å²) in [6.45, 7) is 2.00. The normalized spacial score (nSPS) is 12.2. The fourth-order valence-electron chi connectivity index (χ4n) is 4.14. The van der Waals surface area contributed by atoms with Crippen molar-refractivity contribution in [2.45, 2.75) is 31.0 Å². The van der Waals surface area contributed by atoms with Gasteiger partial charge in [-0.05, 0) is 65.2 Å². The summed E-state index contributed by atoms with van der Waals surface area (Å²) in [5.74, 6) is -1.66. The van der Waals surface area contributed by atoms with E-state index in [0.29, 0.717) is 29.4 Å². The molecule has 0 saturated carbocycles. The molecule has 0 aliphatic carbocycles. The number of carbonyl (C=O) groups excluding carboxylic acids is 1. The summed E-state index contributed by atoms with van der Waals surface area (Å²) in [6, 6.07) is 19.6. The van der Waals surface area contributed by atoms with Crippen molar-refractivity contribution >= 4 is 61.6 Å². The summed E-state index contributed by atoms with van der Waals surface area (Å²) < 4.78 is 28.1. The van der Waals surface area contributed by atoms with Crippen LogP contribution in [0.4, 0.5) is 5.69 Å². The standard InChI is InChI=1S/C28H25Cl2N3O5S/c1-17(28(35)36)33(39(37,38)24-13-21(29)12-22(30)14-24)23-9-10-25-20(11-23)3-2-4-26(25)27(34)32-16-19-7-5-18(15-31)6-8-19/h2-14,17H,15-16,31H2,1H3,(H,32,34)(H,35,36). The van der Waals surface area contributed by atoms with Crippen LogP contribution in [0.1, 0.15) is 28.4 Å². The van der Waals surface area contributed by atoms with Gasteiger partial charge in [0.2, 0.25) is 0 Å². The predicted octanol–water partition coefficient (Wildman–Crippen LogP) is 5.20. The molecular formula is C28H25Cl2N3O5S. The van der Waals surface area contributed by atoms with Crippen LogP contribution in [0, 0.1) is 0 Å². The molecule has 39 heavy (non-hydrogen) atoms. The third kappa shape index (κ3) is 6.17. The van der Waals surface area contributed by atoms with Crippen LogP contribution in [-0.4, -0.2) is 31.4 Å². The summed E-state index contributed by atoms with van der Waals surface area (Å²) >= 11 is 12.1. The Bertz CT molecular complexity index is 1640. The zero-order valence-corrected chi connectivity index (χ0v) is 23.1. The molecule has 0 bridgehead atoms. The molecule has 0 aromatic heterocycles. The number of anilines is 1. The molecule has 8 nitrogen and oxygen atoms in total. The number of nitrogens with one attached hydrogen (secondary N) is 1. The van der Waals surface area contributed by atoms with Gasteiger partial charge in [0, 0.05) is 28.7 Å². The van der Waals surface area contributed by atoms with Gasteiger partial charge in [0.15, 0.2) is 0 Å². The van der Waals surface area contributed by atoms with Gasteiger partial charge in [0.25, 0.3) is 15.9 Å². The van der Waals surface area contributed by atoms with Crippen LogP contribution in [0.3, 0.4) is 0 Å². The van der Waals surface area contributed by atoms with E-state index < -0.39 is 22.0 Å². The zero-order chi connectivity index (χ0) is 28.3. The van der Waals surface area contributed by atoms with E-state index in [-0.39, 0.29) is 26.5 Å². The van der Waals surface area contributed by atoms with Crippen LogP contribution in [0.15, 0.2) is 83.8 Å². The third-order valence-corrected chi connectivity index (χ3v) is 8.49. The Kier molecular flexibility index (Phi) is 8.46. The molecular weight excluding hydrogens is 561 g/mol. The van der Waals surface area contributed by atoms with Gasteiger partial charge in [-0.15, -0.1) is 0 Å². The molecule has 0 heterocycles. The summed E-state index contributed by atoms with van der Waals surface area (Å²) in [4.78, 5) is 24.7. The highest BCUT2D eigenvalue weighted by Gasteiger charge is 2.34. The Morgan fingerprint density at radius 2 is 1.59 bits per heavy atom. The van der Waals surface area contributed by atoms with Gasteiger partial charge in [-0.3, -0.25) is 9.10 Å². The highest BCUT2D eigenvalue weighted by molar-refractivity contribution is 7.93. The number of carbonyl (C=O) groups is 2. The lowest BCUT2D eigenvalue weighted by atomic mass is 10.0. The number of carboxylic acid groups (broad SMARTS) is 1. The Morgan fingerprint density at radius 1 is 0.949 bits per heavy atom. The number of nitrogens with two attached hydrogens (primary N) is 1. The molecule has 0 radical (unpaired) electrons. The van der Waals surface area contributed by atoms with Crippen molar-refractivity contribution < 1.29 is 23.1 Å². The first-order chi connectivity index (χ1) is 18.5. The number of sulfonamides is 1. The molecule has 1 amide bonds. The Morgan fingerprint density at radius 3 is 2.21 bits per heavy atom. The lowest BCUT2D eigenvalue weighted by Crippen LogP contribution is -2.43. The van der Waals surface area contributed by atoms with Crippen LogP contribution < -0.4 is 15.4 Å². The largest absolute Gasteiger partial charge is 0.480 e. The minimum atomic E-state index is -4.39. The number of nitrogens with zero attached hydrogens (tertiary/aromatic N) is 1. The van der Waals surface area contributed by atoms with E-state index in [4.69, 9.17) is 28.9 Å². The molecule has 0 spiro atoms. The first kappa shape index (κ1) is 28.4. The highest BCUT2D eigenvalue weighted by Crippen LogP contribution is 2.32. The number of benzene rings is 4. The van der Waals surface area contributed by atoms with Crippen molar-refractivity contribution in [3.63, 3.8) is 0 Å². The van der Waals surface area contributed by atoms with Crippen LogP contribution in [-0.2, 0) is 27.9 Å². The van der Waals surface area contributed by atoms with Gasteiger partial charge in [-0.25, -0.2) is 13.2 Å². The van der Waals surface area contributed by atoms with Crippen molar-refractivity contribution in [3.05, 3.63) is 106 Å². The van der Waals surface area contributed by atoms with E-state index in [1.165, 1.54) is 37.3 Å². The Hall–Kier alpha value is -3.63. The van der Waals surface area contributed by atoms with Crippen LogP contribution in [0.2, 0.25) is 10.0 Å². The van der Waals surface area contributed by atoms with Gasteiger partial charge in [-0.2, -0.15) is 0 Å². The lowest BCUT2D eigenvalue weighted by molar-refractivity contribution is -0.137. The van der Waals surface area contributed by atoms with Crippen molar-refractivity contribution in [2.24, 2.45) is 5.73 Å². The molecule has 4 aromatic carbocycles. The number of hydrogen-bond acceptors (Lipinski definition) is 5.